The zero-order chi connectivity index (χ0) is 18.1. The van der Waals surface area contributed by atoms with Gasteiger partial charge in [0.05, 0.1) is 5.69 Å². The van der Waals surface area contributed by atoms with Gasteiger partial charge in [0.15, 0.2) is 0 Å². The number of hydrogen-bond acceptors (Lipinski definition) is 3. The van der Waals surface area contributed by atoms with Crippen molar-refractivity contribution in [2.75, 3.05) is 23.3 Å². The van der Waals surface area contributed by atoms with E-state index in [1.165, 1.54) is 0 Å². The molecule has 2 aliphatic rings. The van der Waals surface area contributed by atoms with Gasteiger partial charge in [-0.3, -0.25) is 9.59 Å². The van der Waals surface area contributed by atoms with Gasteiger partial charge < -0.3 is 15.5 Å². The molecule has 27 heavy (non-hydrogen) atoms. The molecule has 7 heteroatoms. The summed E-state index contributed by atoms with van der Waals surface area (Å²) in [6.45, 7) is 2.09. The lowest BCUT2D eigenvalue weighted by Gasteiger charge is -2.19. The zero-order valence-corrected chi connectivity index (χ0v) is 15.6. The normalized spacial score (nSPS) is 15.9. The summed E-state index contributed by atoms with van der Waals surface area (Å²) < 4.78 is 14.7. The van der Waals surface area contributed by atoms with E-state index < -0.39 is 0 Å². The molecule has 0 saturated carbocycles. The van der Waals surface area contributed by atoms with Gasteiger partial charge in [0.25, 0.3) is 5.91 Å². The van der Waals surface area contributed by atoms with Crippen molar-refractivity contribution in [1.29, 1.82) is 0 Å². The molecular formula is C20H21ClFN3O2. The Hall–Kier alpha value is -2.44. The highest BCUT2D eigenvalue weighted by Crippen LogP contribution is 2.26. The molecule has 2 aromatic rings. The molecule has 0 bridgehead atoms. The molecule has 1 fully saturated rings. The van der Waals surface area contributed by atoms with Gasteiger partial charge in [0.2, 0.25) is 5.91 Å². The van der Waals surface area contributed by atoms with Gasteiger partial charge >= 0.3 is 0 Å². The third kappa shape index (κ3) is 3.82. The quantitative estimate of drug-likeness (QED) is 0.847. The summed E-state index contributed by atoms with van der Waals surface area (Å²) in [6, 6.07) is 10.3. The Kier molecular flexibility index (Phi) is 5.77. The predicted octanol–water partition coefficient (Wildman–Crippen LogP) is 3.27. The smallest absolute Gasteiger partial charge is 0.255 e. The van der Waals surface area contributed by atoms with E-state index in [1.54, 1.807) is 35.2 Å². The fourth-order valence-electron chi connectivity index (χ4n) is 3.54. The minimum atomic E-state index is -0.364. The van der Waals surface area contributed by atoms with Crippen LogP contribution in [0, 0.1) is 5.82 Å². The first-order valence-electron chi connectivity index (χ1n) is 8.86. The van der Waals surface area contributed by atoms with Crippen molar-refractivity contribution < 1.29 is 14.0 Å². The van der Waals surface area contributed by atoms with E-state index in [-0.39, 0.29) is 35.7 Å². The molecule has 0 radical (unpaired) electrons. The lowest BCUT2D eigenvalue weighted by molar-refractivity contribution is -0.117. The number of hydrogen-bond donors (Lipinski definition) is 2. The zero-order valence-electron chi connectivity index (χ0n) is 14.8. The van der Waals surface area contributed by atoms with E-state index in [0.717, 1.165) is 24.2 Å². The molecule has 0 spiro atoms. The summed E-state index contributed by atoms with van der Waals surface area (Å²) in [7, 11) is 0. The van der Waals surface area contributed by atoms with Crippen LogP contribution in [0.1, 0.15) is 34.3 Å². The van der Waals surface area contributed by atoms with Crippen LogP contribution in [0.25, 0.3) is 0 Å². The van der Waals surface area contributed by atoms with Crippen LogP contribution >= 0.6 is 12.4 Å². The van der Waals surface area contributed by atoms with Gasteiger partial charge in [0.1, 0.15) is 5.82 Å². The number of anilines is 2. The molecule has 1 saturated heterocycles. The standard InChI is InChI=1S/C20H20FN3O2.ClH/c21-19-16-9-10-22-12-14(16)5-8-17(19)23-20(26)13-3-6-15(7-4-13)24-11-1-2-18(24)25;/h3-8,22H,1-2,9-12H2,(H,23,26);1H. The lowest BCUT2D eigenvalue weighted by atomic mass is 9.99. The highest BCUT2D eigenvalue weighted by atomic mass is 35.5. The summed E-state index contributed by atoms with van der Waals surface area (Å²) in [5, 5.41) is 5.86. The average Bonchev–Trinajstić information content (AvgIpc) is 3.10. The summed E-state index contributed by atoms with van der Waals surface area (Å²) in [5.74, 6) is -0.610. The Morgan fingerprint density at radius 3 is 2.59 bits per heavy atom. The van der Waals surface area contributed by atoms with Gasteiger partial charge in [-0.15, -0.1) is 12.4 Å². The van der Waals surface area contributed by atoms with Crippen LogP contribution in [0.3, 0.4) is 0 Å². The van der Waals surface area contributed by atoms with Gasteiger partial charge in [-0.2, -0.15) is 0 Å². The number of carbonyl (C=O) groups excluding carboxylic acids is 2. The van der Waals surface area contributed by atoms with Gasteiger partial charge in [-0.25, -0.2) is 4.39 Å². The second-order valence-corrected chi connectivity index (χ2v) is 6.64. The lowest BCUT2D eigenvalue weighted by Crippen LogP contribution is -2.25. The van der Waals surface area contributed by atoms with Crippen LogP contribution in [0.2, 0.25) is 0 Å². The largest absolute Gasteiger partial charge is 0.319 e. The van der Waals surface area contributed by atoms with E-state index in [4.69, 9.17) is 0 Å². The number of rotatable bonds is 3. The minimum absolute atomic E-state index is 0. The topological polar surface area (TPSA) is 61.4 Å². The van der Waals surface area contributed by atoms with Crippen LogP contribution < -0.4 is 15.5 Å². The number of amides is 2. The molecule has 0 aliphatic carbocycles. The van der Waals surface area contributed by atoms with Crippen LogP contribution in [0.15, 0.2) is 36.4 Å². The maximum absolute atomic E-state index is 14.7. The third-order valence-corrected chi connectivity index (χ3v) is 4.97. The molecule has 0 aromatic heterocycles. The molecule has 2 heterocycles. The number of halogens is 2. The predicted molar refractivity (Wildman–Crippen MR) is 105 cm³/mol. The van der Waals surface area contributed by atoms with Crippen molar-refractivity contribution in [3.05, 3.63) is 58.9 Å². The van der Waals surface area contributed by atoms with Crippen molar-refractivity contribution in [2.45, 2.75) is 25.8 Å². The number of fused-ring (bicyclic) bond motifs is 1. The van der Waals surface area contributed by atoms with E-state index in [1.807, 2.05) is 6.07 Å². The van der Waals surface area contributed by atoms with Crippen LogP contribution in [-0.4, -0.2) is 24.9 Å². The van der Waals surface area contributed by atoms with Crippen molar-refractivity contribution in [3.8, 4) is 0 Å². The van der Waals surface area contributed by atoms with E-state index in [9.17, 15) is 14.0 Å². The van der Waals surface area contributed by atoms with Crippen molar-refractivity contribution in [2.24, 2.45) is 0 Å². The molecule has 0 unspecified atom stereocenters. The summed E-state index contributed by atoms with van der Waals surface area (Å²) >= 11 is 0. The molecule has 5 nitrogen and oxygen atoms in total. The number of nitrogens with zero attached hydrogens (tertiary/aromatic N) is 1. The molecule has 2 aliphatic heterocycles. The molecule has 2 amide bonds. The Morgan fingerprint density at radius 2 is 1.89 bits per heavy atom. The third-order valence-electron chi connectivity index (χ3n) is 4.97. The second kappa shape index (κ2) is 8.06. The van der Waals surface area contributed by atoms with Crippen LogP contribution in [0.5, 0.6) is 0 Å². The average molecular weight is 390 g/mol. The molecule has 2 aromatic carbocycles. The van der Waals surface area contributed by atoms with Gasteiger partial charge in [0, 0.05) is 30.8 Å². The molecule has 2 N–H and O–H groups in total. The first-order valence-corrected chi connectivity index (χ1v) is 8.86. The van der Waals surface area contributed by atoms with Crippen LogP contribution in [0.4, 0.5) is 15.8 Å². The Morgan fingerprint density at radius 1 is 1.11 bits per heavy atom. The maximum Gasteiger partial charge on any atom is 0.255 e. The van der Waals surface area contributed by atoms with E-state index in [0.29, 0.717) is 37.1 Å². The maximum atomic E-state index is 14.7. The molecule has 142 valence electrons. The second-order valence-electron chi connectivity index (χ2n) is 6.64. The van der Waals surface area contributed by atoms with Crippen molar-refractivity contribution >= 4 is 35.6 Å². The number of benzene rings is 2. The highest BCUT2D eigenvalue weighted by Gasteiger charge is 2.22. The molecule has 4 rings (SSSR count). The van der Waals surface area contributed by atoms with Gasteiger partial charge in [-0.05, 0) is 60.8 Å². The summed E-state index contributed by atoms with van der Waals surface area (Å²) in [4.78, 5) is 26.0. The Balaban J connectivity index is 0.00000210. The minimum Gasteiger partial charge on any atom is -0.319 e. The monoisotopic (exact) mass is 389 g/mol. The number of carbonyl (C=O) groups is 2. The Bertz CT molecular complexity index is 870. The number of nitrogens with one attached hydrogen (secondary N) is 2. The highest BCUT2D eigenvalue weighted by molar-refractivity contribution is 6.05. The van der Waals surface area contributed by atoms with Gasteiger partial charge in [-0.1, -0.05) is 6.07 Å². The SMILES string of the molecule is Cl.O=C(Nc1ccc2c(c1F)CCNC2)c1ccc(N2CCCC2=O)cc1. The summed E-state index contributed by atoms with van der Waals surface area (Å²) in [5.41, 5.74) is 3.03. The van der Waals surface area contributed by atoms with Crippen molar-refractivity contribution in [1.82, 2.24) is 5.32 Å². The van der Waals surface area contributed by atoms with Crippen LogP contribution in [-0.2, 0) is 17.8 Å². The first kappa shape index (κ1) is 19.3. The fourth-order valence-corrected chi connectivity index (χ4v) is 3.54. The first-order chi connectivity index (χ1) is 12.6. The van der Waals surface area contributed by atoms with E-state index >= 15 is 0 Å². The molecule has 0 atom stereocenters. The fraction of sp³-hybridized carbons (Fsp3) is 0.300. The van der Waals surface area contributed by atoms with Crippen molar-refractivity contribution in [3.63, 3.8) is 0 Å². The Labute approximate surface area is 163 Å². The molecular weight excluding hydrogens is 369 g/mol. The summed E-state index contributed by atoms with van der Waals surface area (Å²) in [6.07, 6.45) is 2.03. The van der Waals surface area contributed by atoms with E-state index in [2.05, 4.69) is 10.6 Å².